The van der Waals surface area contributed by atoms with Crippen LogP contribution in [0, 0.1) is 0 Å². The van der Waals surface area contributed by atoms with Crippen LogP contribution in [0.3, 0.4) is 0 Å². The highest BCUT2D eigenvalue weighted by atomic mass is 16.2. The molecule has 27 heavy (non-hydrogen) atoms. The maximum Gasteiger partial charge on any atom is 0.299 e. The van der Waals surface area contributed by atoms with Gasteiger partial charge in [-0.3, -0.25) is 24.2 Å². The van der Waals surface area contributed by atoms with Gasteiger partial charge in [-0.25, -0.2) is 0 Å². The number of ketones is 1. The molecule has 0 saturated heterocycles. The van der Waals surface area contributed by atoms with Crippen molar-refractivity contribution in [3.8, 4) is 0 Å². The topological polar surface area (TPSA) is 57.7 Å². The van der Waals surface area contributed by atoms with E-state index < -0.39 is 11.7 Å². The molecule has 0 aliphatic carbocycles. The first-order valence-electron chi connectivity index (χ1n) is 8.55. The lowest BCUT2D eigenvalue weighted by atomic mass is 10.1. The van der Waals surface area contributed by atoms with Crippen molar-refractivity contribution < 1.29 is 14.4 Å². The minimum absolute atomic E-state index is 0.217. The van der Waals surface area contributed by atoms with Crippen molar-refractivity contribution >= 4 is 34.7 Å². The Bertz CT molecular complexity index is 976. The monoisotopic (exact) mass is 356 g/mol. The maximum atomic E-state index is 13.2. The lowest BCUT2D eigenvalue weighted by Crippen LogP contribution is -2.40. The highest BCUT2D eigenvalue weighted by Crippen LogP contribution is 2.30. The van der Waals surface area contributed by atoms with Crippen molar-refractivity contribution in [2.75, 3.05) is 16.3 Å². The van der Waals surface area contributed by atoms with Gasteiger partial charge in [0.1, 0.15) is 6.54 Å². The number of nitrogens with zero attached hydrogens (tertiary/aromatic N) is 2. The second kappa shape index (κ2) is 6.88. The molecule has 132 valence electrons. The van der Waals surface area contributed by atoms with Gasteiger partial charge >= 0.3 is 0 Å². The number of rotatable bonds is 4. The van der Waals surface area contributed by atoms with E-state index in [1.807, 2.05) is 60.7 Å². The third-order valence-electron chi connectivity index (χ3n) is 4.45. The van der Waals surface area contributed by atoms with Crippen LogP contribution in [0.15, 0.2) is 84.9 Å². The number of para-hydroxylation sites is 3. The van der Waals surface area contributed by atoms with E-state index in [1.54, 1.807) is 29.2 Å². The molecule has 0 unspecified atom stereocenters. The van der Waals surface area contributed by atoms with Crippen LogP contribution in [-0.4, -0.2) is 24.1 Å². The first kappa shape index (κ1) is 16.7. The summed E-state index contributed by atoms with van der Waals surface area (Å²) in [6.07, 6.45) is 0. The van der Waals surface area contributed by atoms with Gasteiger partial charge in [0.25, 0.3) is 17.6 Å². The normalized spacial score (nSPS) is 12.8. The molecule has 1 aliphatic rings. The molecule has 0 bridgehead atoms. The number of carbonyl (C=O) groups excluding carboxylic acids is 3. The molecule has 2 amide bonds. The summed E-state index contributed by atoms with van der Waals surface area (Å²) in [6.45, 7) is -0.217. The summed E-state index contributed by atoms with van der Waals surface area (Å²) >= 11 is 0. The Morgan fingerprint density at radius 1 is 0.741 bits per heavy atom. The van der Waals surface area contributed by atoms with Crippen molar-refractivity contribution in [2.45, 2.75) is 0 Å². The lowest BCUT2D eigenvalue weighted by Gasteiger charge is -2.25. The molecule has 1 heterocycles. The summed E-state index contributed by atoms with van der Waals surface area (Å²) in [5, 5.41) is 0. The zero-order valence-electron chi connectivity index (χ0n) is 14.4. The Morgan fingerprint density at radius 3 is 1.85 bits per heavy atom. The van der Waals surface area contributed by atoms with Crippen LogP contribution in [0.25, 0.3) is 0 Å². The molecule has 1 aliphatic heterocycles. The van der Waals surface area contributed by atoms with E-state index in [-0.39, 0.29) is 12.5 Å². The molecule has 3 aromatic rings. The molecule has 0 aromatic heterocycles. The molecule has 5 nitrogen and oxygen atoms in total. The zero-order chi connectivity index (χ0) is 18.8. The highest BCUT2D eigenvalue weighted by Gasteiger charge is 2.37. The summed E-state index contributed by atoms with van der Waals surface area (Å²) in [7, 11) is 0. The van der Waals surface area contributed by atoms with E-state index in [9.17, 15) is 14.4 Å². The molecule has 0 spiro atoms. The number of hydrogen-bond donors (Lipinski definition) is 0. The summed E-state index contributed by atoms with van der Waals surface area (Å²) in [5.74, 6) is -1.56. The van der Waals surface area contributed by atoms with Crippen molar-refractivity contribution in [2.24, 2.45) is 0 Å². The van der Waals surface area contributed by atoms with E-state index in [0.29, 0.717) is 22.6 Å². The van der Waals surface area contributed by atoms with Crippen LogP contribution in [0.2, 0.25) is 0 Å². The third kappa shape index (κ3) is 3.00. The van der Waals surface area contributed by atoms with Gasteiger partial charge in [0.05, 0.1) is 11.3 Å². The average molecular weight is 356 g/mol. The number of benzene rings is 3. The number of amides is 2. The van der Waals surface area contributed by atoms with Crippen molar-refractivity contribution in [1.82, 2.24) is 0 Å². The van der Waals surface area contributed by atoms with Gasteiger partial charge in [0.2, 0.25) is 0 Å². The predicted molar refractivity (Wildman–Crippen MR) is 103 cm³/mol. The Morgan fingerprint density at radius 2 is 1.26 bits per heavy atom. The maximum absolute atomic E-state index is 13.2. The molecule has 0 saturated carbocycles. The van der Waals surface area contributed by atoms with Crippen molar-refractivity contribution in [1.29, 1.82) is 0 Å². The zero-order valence-corrected chi connectivity index (χ0v) is 14.4. The summed E-state index contributed by atoms with van der Waals surface area (Å²) < 4.78 is 0. The second-order valence-corrected chi connectivity index (χ2v) is 6.14. The highest BCUT2D eigenvalue weighted by molar-refractivity contribution is 6.52. The van der Waals surface area contributed by atoms with Gasteiger partial charge in [0, 0.05) is 11.4 Å². The Balaban J connectivity index is 1.69. The largest absolute Gasteiger partial charge is 0.299 e. The van der Waals surface area contributed by atoms with Crippen molar-refractivity contribution in [3.05, 3.63) is 90.5 Å². The number of carbonyl (C=O) groups is 3. The van der Waals surface area contributed by atoms with E-state index >= 15 is 0 Å². The average Bonchev–Trinajstić information content (AvgIpc) is 2.95. The van der Waals surface area contributed by atoms with Gasteiger partial charge in [-0.05, 0) is 36.4 Å². The van der Waals surface area contributed by atoms with E-state index in [4.69, 9.17) is 0 Å². The van der Waals surface area contributed by atoms with Gasteiger partial charge in [-0.15, -0.1) is 0 Å². The fourth-order valence-electron chi connectivity index (χ4n) is 3.20. The number of Topliss-reactive ketones (excluding diaryl/α,β-unsaturated/α-hetero) is 1. The van der Waals surface area contributed by atoms with E-state index in [2.05, 4.69) is 0 Å². The smallest absolute Gasteiger partial charge is 0.295 e. The standard InChI is InChI=1S/C22H16N2O3/c25-20(15-23-19-14-8-7-13-18(19)21(26)22(23)27)24(16-9-3-1-4-10-16)17-11-5-2-6-12-17/h1-14H,15H2. The molecule has 0 N–H and O–H groups in total. The van der Waals surface area contributed by atoms with E-state index in [1.165, 1.54) is 4.90 Å². The Hall–Kier alpha value is -3.73. The molecule has 5 heteroatoms. The van der Waals surface area contributed by atoms with Crippen LogP contribution in [0.5, 0.6) is 0 Å². The quantitative estimate of drug-likeness (QED) is 0.672. The van der Waals surface area contributed by atoms with Gasteiger partial charge in [-0.2, -0.15) is 0 Å². The fourth-order valence-corrected chi connectivity index (χ4v) is 3.20. The minimum atomic E-state index is -0.675. The van der Waals surface area contributed by atoms with Crippen LogP contribution < -0.4 is 9.80 Å². The van der Waals surface area contributed by atoms with Gasteiger partial charge < -0.3 is 0 Å². The lowest BCUT2D eigenvalue weighted by molar-refractivity contribution is -0.119. The molecular formula is C22H16N2O3. The first-order chi connectivity index (χ1) is 13.2. The van der Waals surface area contributed by atoms with Crippen molar-refractivity contribution in [3.63, 3.8) is 0 Å². The molecule has 3 aromatic carbocycles. The number of anilines is 3. The first-order valence-corrected chi connectivity index (χ1v) is 8.55. The molecule has 0 fully saturated rings. The van der Waals surface area contributed by atoms with Gasteiger partial charge in [-0.1, -0.05) is 48.5 Å². The van der Waals surface area contributed by atoms with Crippen LogP contribution >= 0.6 is 0 Å². The predicted octanol–water partition coefficient (Wildman–Crippen LogP) is 3.58. The van der Waals surface area contributed by atoms with Gasteiger partial charge in [0.15, 0.2) is 0 Å². The van der Waals surface area contributed by atoms with Crippen LogP contribution in [0.4, 0.5) is 17.1 Å². The number of hydrogen-bond acceptors (Lipinski definition) is 3. The molecular weight excluding hydrogens is 340 g/mol. The summed E-state index contributed by atoms with van der Waals surface area (Å²) in [5.41, 5.74) is 2.20. The second-order valence-electron chi connectivity index (χ2n) is 6.14. The molecule has 4 rings (SSSR count). The van der Waals surface area contributed by atoms with Crippen LogP contribution in [0.1, 0.15) is 10.4 Å². The SMILES string of the molecule is O=C1C(=O)N(CC(=O)N(c2ccccc2)c2ccccc2)c2ccccc21. The van der Waals surface area contributed by atoms with E-state index in [0.717, 1.165) is 0 Å². The third-order valence-corrected chi connectivity index (χ3v) is 4.45. The minimum Gasteiger partial charge on any atom is -0.295 e. The summed E-state index contributed by atoms with van der Waals surface area (Å²) in [6, 6.07) is 25.2. The molecule has 0 atom stereocenters. The Labute approximate surface area is 156 Å². The molecule has 0 radical (unpaired) electrons. The summed E-state index contributed by atoms with van der Waals surface area (Å²) in [4.78, 5) is 40.6. The Kier molecular flexibility index (Phi) is 4.26. The number of fused-ring (bicyclic) bond motifs is 1. The fraction of sp³-hybridized carbons (Fsp3) is 0.0455. The van der Waals surface area contributed by atoms with Crippen LogP contribution in [-0.2, 0) is 9.59 Å².